The summed E-state index contributed by atoms with van der Waals surface area (Å²) in [6.07, 6.45) is 2.21. The number of amides is 2. The topological polar surface area (TPSA) is 71.4 Å². The summed E-state index contributed by atoms with van der Waals surface area (Å²) in [6.45, 7) is 6.03. The minimum absolute atomic E-state index is 0.0962. The summed E-state index contributed by atoms with van der Waals surface area (Å²) in [5.74, 6) is -0.250. The van der Waals surface area contributed by atoms with E-state index in [0.717, 1.165) is 0 Å². The normalized spacial score (nSPS) is 25.9. The number of nitrogens with one attached hydrogen (secondary N) is 1. The molecule has 0 aromatic carbocycles. The molecule has 1 aromatic heterocycles. The third-order valence-corrected chi connectivity index (χ3v) is 4.17. The predicted molar refractivity (Wildman–Crippen MR) is 78.7 cm³/mol. The summed E-state index contributed by atoms with van der Waals surface area (Å²) >= 11 is 0. The second kappa shape index (κ2) is 5.71. The maximum absolute atomic E-state index is 12.6. The lowest BCUT2D eigenvalue weighted by atomic mass is 9.92. The molecular weight excluding hydrogens is 270 g/mol. The van der Waals surface area contributed by atoms with Gasteiger partial charge >= 0.3 is 0 Å². The van der Waals surface area contributed by atoms with E-state index in [1.54, 1.807) is 37.1 Å². The molecule has 1 aliphatic heterocycles. The third kappa shape index (κ3) is 2.84. The number of rotatable bonds is 4. The minimum Gasteiger partial charge on any atom is -0.340 e. The standard InChI is InChI=1S/C15H21N3O3/c1-4-15(3)14(21)18(11(2)13(20)16-15)10-9-17-8-6-5-7-12(17)19/h5-8,11H,4,9-10H2,1-3H3,(H,16,20). The van der Waals surface area contributed by atoms with Gasteiger partial charge in [0.25, 0.3) is 5.56 Å². The van der Waals surface area contributed by atoms with E-state index in [2.05, 4.69) is 5.32 Å². The first-order valence-electron chi connectivity index (χ1n) is 7.17. The van der Waals surface area contributed by atoms with Crippen molar-refractivity contribution in [3.8, 4) is 0 Å². The maximum atomic E-state index is 12.6. The van der Waals surface area contributed by atoms with Gasteiger partial charge in [-0.1, -0.05) is 13.0 Å². The van der Waals surface area contributed by atoms with Crippen molar-refractivity contribution in [3.05, 3.63) is 34.7 Å². The summed E-state index contributed by atoms with van der Waals surface area (Å²) in [5, 5.41) is 2.78. The van der Waals surface area contributed by atoms with E-state index in [-0.39, 0.29) is 17.4 Å². The molecule has 6 nitrogen and oxygen atoms in total. The average Bonchev–Trinajstić information content (AvgIpc) is 2.47. The van der Waals surface area contributed by atoms with Gasteiger partial charge in [-0.15, -0.1) is 0 Å². The van der Waals surface area contributed by atoms with E-state index in [9.17, 15) is 14.4 Å². The minimum atomic E-state index is -0.856. The van der Waals surface area contributed by atoms with Crippen molar-refractivity contribution in [1.82, 2.24) is 14.8 Å². The Kier molecular flexibility index (Phi) is 4.16. The van der Waals surface area contributed by atoms with Crippen molar-refractivity contribution in [3.63, 3.8) is 0 Å². The molecular formula is C15H21N3O3. The molecule has 2 unspecified atom stereocenters. The molecule has 2 heterocycles. The fourth-order valence-corrected chi connectivity index (χ4v) is 2.46. The molecule has 0 aliphatic carbocycles. The molecule has 0 saturated carbocycles. The zero-order chi connectivity index (χ0) is 15.6. The number of hydrogen-bond donors (Lipinski definition) is 1. The van der Waals surface area contributed by atoms with Gasteiger partial charge < -0.3 is 14.8 Å². The Morgan fingerprint density at radius 1 is 1.24 bits per heavy atom. The number of carbonyl (C=O) groups excluding carboxylic acids is 2. The third-order valence-electron chi connectivity index (χ3n) is 4.17. The summed E-state index contributed by atoms with van der Waals surface area (Å²) in [7, 11) is 0. The lowest BCUT2D eigenvalue weighted by molar-refractivity contribution is -0.153. The van der Waals surface area contributed by atoms with E-state index in [1.165, 1.54) is 10.6 Å². The fourth-order valence-electron chi connectivity index (χ4n) is 2.46. The van der Waals surface area contributed by atoms with Gasteiger partial charge in [0.05, 0.1) is 0 Å². The molecule has 2 atom stereocenters. The second-order valence-electron chi connectivity index (χ2n) is 5.58. The van der Waals surface area contributed by atoms with Crippen molar-refractivity contribution < 1.29 is 9.59 Å². The molecule has 1 saturated heterocycles. The van der Waals surface area contributed by atoms with Crippen LogP contribution in [-0.4, -0.2) is 39.4 Å². The maximum Gasteiger partial charge on any atom is 0.250 e. The summed E-state index contributed by atoms with van der Waals surface area (Å²) in [4.78, 5) is 37.8. The molecule has 0 bridgehead atoms. The first kappa shape index (κ1) is 15.3. The van der Waals surface area contributed by atoms with Crippen molar-refractivity contribution >= 4 is 11.8 Å². The average molecular weight is 291 g/mol. The van der Waals surface area contributed by atoms with Crippen LogP contribution in [0.25, 0.3) is 0 Å². The Bertz CT molecular complexity index is 610. The Morgan fingerprint density at radius 2 is 1.95 bits per heavy atom. The van der Waals surface area contributed by atoms with Gasteiger partial charge in [-0.2, -0.15) is 0 Å². The lowest BCUT2D eigenvalue weighted by Crippen LogP contribution is -2.68. The summed E-state index contributed by atoms with van der Waals surface area (Å²) < 4.78 is 1.54. The molecule has 0 spiro atoms. The van der Waals surface area contributed by atoms with Gasteiger partial charge in [-0.05, 0) is 26.3 Å². The summed E-state index contributed by atoms with van der Waals surface area (Å²) in [6, 6.07) is 4.40. The quantitative estimate of drug-likeness (QED) is 0.871. The summed E-state index contributed by atoms with van der Waals surface area (Å²) in [5.41, 5.74) is -0.970. The molecule has 1 fully saturated rings. The zero-order valence-electron chi connectivity index (χ0n) is 12.6. The highest BCUT2D eigenvalue weighted by Gasteiger charge is 2.44. The predicted octanol–water partition coefficient (Wildman–Crippen LogP) is 0.364. The van der Waals surface area contributed by atoms with Gasteiger partial charge in [0, 0.05) is 25.4 Å². The van der Waals surface area contributed by atoms with E-state index < -0.39 is 11.6 Å². The number of piperazine rings is 1. The van der Waals surface area contributed by atoms with Crippen LogP contribution in [0.4, 0.5) is 0 Å². The molecule has 0 radical (unpaired) electrons. The van der Waals surface area contributed by atoms with Crippen LogP contribution >= 0.6 is 0 Å². The number of nitrogens with zero attached hydrogens (tertiary/aromatic N) is 2. The van der Waals surface area contributed by atoms with Gasteiger partial charge in [-0.3, -0.25) is 14.4 Å². The van der Waals surface area contributed by atoms with Crippen molar-refractivity contribution in [2.75, 3.05) is 6.54 Å². The molecule has 21 heavy (non-hydrogen) atoms. The van der Waals surface area contributed by atoms with E-state index in [1.807, 2.05) is 6.92 Å². The van der Waals surface area contributed by atoms with E-state index in [0.29, 0.717) is 19.5 Å². The van der Waals surface area contributed by atoms with Crippen LogP contribution in [0.2, 0.25) is 0 Å². The Hall–Kier alpha value is -2.11. The number of pyridine rings is 1. The molecule has 114 valence electrons. The monoisotopic (exact) mass is 291 g/mol. The van der Waals surface area contributed by atoms with Crippen LogP contribution in [0, 0.1) is 0 Å². The van der Waals surface area contributed by atoms with Crippen LogP contribution in [0.3, 0.4) is 0 Å². The van der Waals surface area contributed by atoms with Crippen LogP contribution < -0.4 is 10.9 Å². The number of carbonyl (C=O) groups is 2. The van der Waals surface area contributed by atoms with Crippen molar-refractivity contribution in [2.24, 2.45) is 0 Å². The highest BCUT2D eigenvalue weighted by atomic mass is 16.2. The largest absolute Gasteiger partial charge is 0.340 e. The smallest absolute Gasteiger partial charge is 0.250 e. The van der Waals surface area contributed by atoms with Crippen molar-refractivity contribution in [2.45, 2.75) is 45.3 Å². The molecule has 1 aliphatic rings. The second-order valence-corrected chi connectivity index (χ2v) is 5.58. The van der Waals surface area contributed by atoms with E-state index in [4.69, 9.17) is 0 Å². The van der Waals surface area contributed by atoms with Crippen LogP contribution in [-0.2, 0) is 16.1 Å². The number of hydrogen-bond acceptors (Lipinski definition) is 3. The van der Waals surface area contributed by atoms with Crippen LogP contribution in [0.15, 0.2) is 29.2 Å². The molecule has 2 rings (SSSR count). The zero-order valence-corrected chi connectivity index (χ0v) is 12.6. The highest BCUT2D eigenvalue weighted by Crippen LogP contribution is 2.21. The SMILES string of the molecule is CCC1(C)NC(=O)C(C)N(CCn2ccccc2=O)C1=O. The van der Waals surface area contributed by atoms with Crippen molar-refractivity contribution in [1.29, 1.82) is 0 Å². The van der Waals surface area contributed by atoms with E-state index >= 15 is 0 Å². The van der Waals surface area contributed by atoms with Gasteiger partial charge in [0.2, 0.25) is 11.8 Å². The molecule has 6 heteroatoms. The van der Waals surface area contributed by atoms with Gasteiger partial charge in [0.15, 0.2) is 0 Å². The van der Waals surface area contributed by atoms with Gasteiger partial charge in [0.1, 0.15) is 11.6 Å². The Balaban J connectivity index is 2.17. The number of aromatic nitrogens is 1. The first-order valence-corrected chi connectivity index (χ1v) is 7.17. The first-order chi connectivity index (χ1) is 9.89. The molecule has 1 aromatic rings. The van der Waals surface area contributed by atoms with Crippen LogP contribution in [0.1, 0.15) is 27.2 Å². The van der Waals surface area contributed by atoms with Gasteiger partial charge in [-0.25, -0.2) is 0 Å². The lowest BCUT2D eigenvalue weighted by Gasteiger charge is -2.43. The van der Waals surface area contributed by atoms with Crippen LogP contribution in [0.5, 0.6) is 0 Å². The molecule has 1 N–H and O–H groups in total. The molecule has 2 amide bonds. The highest BCUT2D eigenvalue weighted by molar-refractivity contribution is 5.99. The Labute approximate surface area is 123 Å². The fraction of sp³-hybridized carbons (Fsp3) is 0.533. The Morgan fingerprint density at radius 3 is 2.57 bits per heavy atom.